The van der Waals surface area contributed by atoms with Crippen LogP contribution in [0, 0.1) is 5.92 Å². The standard InChI is InChI=1S/C17H15NO4.C8H16N2O4.C4H8N2O3.C3H7NO2.C2H5NO2/c1-11(17(21)22)18(15(19)8-9-16(18)20)14-7-6-12-4-2-3-5-13(12)10-14;1-4(2)6(10)8(13)14-3-5(9)7(11)12;5-2(4(8)9)1-3(6)7;4-3(6)1-2-5;3-1-2(4)5/h2-7,10-11H,8-9H2,1H3;4-6H,3,9-10H2,1-2H3,(H,11,12);2H,1,5H2,(H2,6,7)(H,8,9);5H,1-2H2,(H2,4,6);1,3H2,(H,4,5)/p+1/t11-;5-,6-;2-;;/m000../s1. The number of carboxylic acid groups (broad SMARTS) is 4. The fraction of sp³-hybridized carbons (Fsp3) is 0.441. The molecule has 2 aromatic rings. The Bertz CT molecular complexity index is 1670. The molecule has 312 valence electrons. The van der Waals surface area contributed by atoms with E-state index in [0.717, 1.165) is 10.8 Å². The molecule has 1 saturated heterocycles. The highest BCUT2D eigenvalue weighted by atomic mass is 16.5. The fourth-order valence-corrected chi connectivity index (χ4v) is 4.24. The molecule has 1 aliphatic rings. The molecule has 1 aliphatic heterocycles. The predicted octanol–water partition coefficient (Wildman–Crippen LogP) is -2.45. The number of likely N-dealkylation sites (tertiary alicyclic amines) is 1. The molecule has 22 heteroatoms. The number of aliphatic hydroxyl groups excluding tert-OH is 1. The lowest BCUT2D eigenvalue weighted by Gasteiger charge is -2.32. The third kappa shape index (κ3) is 17.9. The van der Waals surface area contributed by atoms with Crippen molar-refractivity contribution in [1.82, 2.24) is 4.48 Å². The van der Waals surface area contributed by atoms with Crippen LogP contribution in [0.25, 0.3) is 10.8 Å². The number of carboxylic acids is 4. The number of rotatable bonds is 14. The van der Waals surface area contributed by atoms with Crippen LogP contribution in [0.2, 0.25) is 0 Å². The first-order chi connectivity index (χ1) is 25.9. The lowest BCUT2D eigenvalue weighted by atomic mass is 10.1. The Balaban J connectivity index is 0. The molecule has 2 aromatic carbocycles. The number of carbonyl (C=O) groups excluding carboxylic acids is 5. The summed E-state index contributed by atoms with van der Waals surface area (Å²) in [5.41, 5.74) is 29.8. The van der Waals surface area contributed by atoms with Gasteiger partial charge in [0, 0.05) is 25.5 Å². The predicted molar refractivity (Wildman–Crippen MR) is 198 cm³/mol. The van der Waals surface area contributed by atoms with Crippen molar-refractivity contribution in [2.24, 2.45) is 40.3 Å². The molecular weight excluding hydrogens is 746 g/mol. The summed E-state index contributed by atoms with van der Waals surface area (Å²) < 4.78 is 3.90. The summed E-state index contributed by atoms with van der Waals surface area (Å²) >= 11 is 0. The molecule has 1 fully saturated rings. The molecule has 0 radical (unpaired) electrons. The maximum absolute atomic E-state index is 12.5. The van der Waals surface area contributed by atoms with Crippen LogP contribution in [0.4, 0.5) is 5.69 Å². The smallest absolute Gasteiger partial charge is 0.363 e. The van der Waals surface area contributed by atoms with E-state index in [1.54, 1.807) is 26.0 Å². The zero-order valence-corrected chi connectivity index (χ0v) is 31.1. The van der Waals surface area contributed by atoms with Crippen LogP contribution in [0.3, 0.4) is 0 Å². The summed E-state index contributed by atoms with van der Waals surface area (Å²) in [6.07, 6.45) is -0.0676. The number of hydrogen-bond donors (Lipinski definition) is 11. The maximum Gasteiger partial charge on any atom is 0.363 e. The minimum atomic E-state index is -1.21. The molecule has 4 amide bonds. The van der Waals surface area contributed by atoms with Crippen LogP contribution >= 0.6 is 0 Å². The Morgan fingerprint density at radius 3 is 1.57 bits per heavy atom. The number of ether oxygens (including phenoxy) is 1. The lowest BCUT2D eigenvalue weighted by Crippen LogP contribution is -2.62. The second-order valence-electron chi connectivity index (χ2n) is 12.1. The largest absolute Gasteiger partial charge is 0.480 e. The van der Waals surface area contributed by atoms with Crippen molar-refractivity contribution < 1.29 is 73.4 Å². The Hall–Kier alpha value is -5.91. The van der Waals surface area contributed by atoms with E-state index >= 15 is 0 Å². The summed E-state index contributed by atoms with van der Waals surface area (Å²) in [6.45, 7) is 4.18. The number of carbonyl (C=O) groups is 9. The second kappa shape index (κ2) is 26.0. The SMILES string of the molecule is CC(C)[C@H](N)C(=O)OC[C@H](N)C(=O)O.C[C@@H](C(=O)O)[N+]1(c2ccc3ccccc3c2)C(=O)CCC1=O.NC(=O)CCO.NC(=O)C[C@H](N)C(=O)O.NCC(=O)O. The van der Waals surface area contributed by atoms with Gasteiger partial charge in [-0.25, -0.2) is 14.4 Å². The molecule has 0 aliphatic carbocycles. The molecule has 0 spiro atoms. The Morgan fingerprint density at radius 2 is 1.23 bits per heavy atom. The van der Waals surface area contributed by atoms with E-state index < -0.39 is 70.3 Å². The number of primary amides is 2. The number of hydrogen-bond acceptors (Lipinski definition) is 15. The summed E-state index contributed by atoms with van der Waals surface area (Å²) in [6, 6.07) is 8.59. The van der Waals surface area contributed by atoms with Gasteiger partial charge in [0.2, 0.25) is 17.9 Å². The number of aliphatic hydroxyl groups is 1. The van der Waals surface area contributed by atoms with Gasteiger partial charge in [0.25, 0.3) is 0 Å². The number of benzene rings is 2. The summed E-state index contributed by atoms with van der Waals surface area (Å²) in [5.74, 6) is -7.10. The zero-order chi connectivity index (χ0) is 43.9. The molecule has 4 atom stereocenters. The monoisotopic (exact) mass is 798 g/mol. The minimum Gasteiger partial charge on any atom is -0.480 e. The molecule has 22 nitrogen and oxygen atoms in total. The average Bonchev–Trinajstić information content (AvgIpc) is 3.43. The first-order valence-electron chi connectivity index (χ1n) is 16.6. The number of quaternary nitrogens is 1. The van der Waals surface area contributed by atoms with Crippen LogP contribution in [0.15, 0.2) is 42.5 Å². The zero-order valence-electron chi connectivity index (χ0n) is 31.1. The van der Waals surface area contributed by atoms with Gasteiger partial charge in [0.05, 0.1) is 32.4 Å². The van der Waals surface area contributed by atoms with Gasteiger partial charge in [0.15, 0.2) is 0 Å². The van der Waals surface area contributed by atoms with Crippen molar-refractivity contribution in [3.8, 4) is 0 Å². The van der Waals surface area contributed by atoms with E-state index in [2.05, 4.69) is 21.9 Å². The molecule has 0 bridgehead atoms. The highest BCUT2D eigenvalue weighted by molar-refractivity contribution is 6.17. The van der Waals surface area contributed by atoms with E-state index in [9.17, 15) is 48.3 Å². The average molecular weight is 799 g/mol. The minimum absolute atomic E-state index is 0.0523. The summed E-state index contributed by atoms with van der Waals surface area (Å²) in [5, 5.41) is 43.3. The molecule has 0 saturated carbocycles. The van der Waals surface area contributed by atoms with E-state index in [1.165, 1.54) is 6.92 Å². The topological polar surface area (TPSA) is 420 Å². The lowest BCUT2D eigenvalue weighted by molar-refractivity contribution is -0.152. The third-order valence-electron chi connectivity index (χ3n) is 7.40. The summed E-state index contributed by atoms with van der Waals surface area (Å²) in [4.78, 5) is 96.6. The maximum atomic E-state index is 12.5. The molecule has 56 heavy (non-hydrogen) atoms. The van der Waals surface area contributed by atoms with Crippen LogP contribution in [0.5, 0.6) is 0 Å². The fourth-order valence-electron chi connectivity index (χ4n) is 4.24. The molecular formula is C34H52N7O15+. The van der Waals surface area contributed by atoms with Gasteiger partial charge in [0.1, 0.15) is 30.4 Å². The first-order valence-corrected chi connectivity index (χ1v) is 16.6. The number of fused-ring (bicyclic) bond motifs is 1. The Morgan fingerprint density at radius 1 is 0.750 bits per heavy atom. The van der Waals surface area contributed by atoms with Gasteiger partial charge in [-0.1, -0.05) is 38.1 Å². The normalized spacial score (nSPS) is 14.6. The number of esters is 1. The first kappa shape index (κ1) is 52.2. The highest BCUT2D eigenvalue weighted by Gasteiger charge is 2.57. The van der Waals surface area contributed by atoms with E-state index in [4.69, 9.17) is 37.6 Å². The van der Waals surface area contributed by atoms with Gasteiger partial charge in [-0.3, -0.25) is 28.8 Å². The van der Waals surface area contributed by atoms with Crippen molar-refractivity contribution in [1.29, 1.82) is 0 Å². The highest BCUT2D eigenvalue weighted by Crippen LogP contribution is 2.36. The number of aliphatic carboxylic acids is 4. The quantitative estimate of drug-likeness (QED) is 0.0536. The van der Waals surface area contributed by atoms with E-state index in [0.29, 0.717) is 5.69 Å². The number of nitrogens with zero attached hydrogens (tertiary/aromatic N) is 1. The molecule has 17 N–H and O–H groups in total. The van der Waals surface area contributed by atoms with E-state index in [1.807, 2.05) is 30.3 Å². The van der Waals surface area contributed by atoms with Crippen molar-refractivity contribution in [3.05, 3.63) is 42.5 Å². The second-order valence-corrected chi connectivity index (χ2v) is 12.1. The number of imide groups is 1. The van der Waals surface area contributed by atoms with E-state index in [-0.39, 0.29) is 63.2 Å². The van der Waals surface area contributed by atoms with Crippen molar-refractivity contribution in [2.45, 2.75) is 70.6 Å². The number of nitrogens with two attached hydrogens (primary N) is 6. The van der Waals surface area contributed by atoms with Gasteiger partial charge in [-0.05, 0) is 22.8 Å². The van der Waals surface area contributed by atoms with Crippen molar-refractivity contribution in [3.63, 3.8) is 0 Å². The third-order valence-corrected chi connectivity index (χ3v) is 7.40. The van der Waals surface area contributed by atoms with Crippen LogP contribution in [0.1, 0.15) is 46.5 Å². The van der Waals surface area contributed by atoms with Gasteiger partial charge in [-0.15, -0.1) is 0 Å². The van der Waals surface area contributed by atoms with Crippen LogP contribution < -0.4 is 38.9 Å². The summed E-state index contributed by atoms with van der Waals surface area (Å²) in [7, 11) is 0. The molecule has 3 rings (SSSR count). The van der Waals surface area contributed by atoms with Gasteiger partial charge in [-0.2, -0.15) is 4.48 Å². The number of amides is 4. The van der Waals surface area contributed by atoms with Gasteiger partial charge >= 0.3 is 41.7 Å². The Kier molecular flexibility index (Phi) is 24.2. The Labute approximate surface area is 320 Å². The molecule has 0 aromatic heterocycles. The van der Waals surface area contributed by atoms with Crippen molar-refractivity contribution in [2.75, 3.05) is 19.8 Å². The van der Waals surface area contributed by atoms with Crippen LogP contribution in [-0.4, -0.2) is 123 Å². The van der Waals surface area contributed by atoms with Crippen LogP contribution in [-0.2, 0) is 47.9 Å². The molecule has 1 heterocycles. The van der Waals surface area contributed by atoms with Gasteiger partial charge < -0.3 is 64.7 Å². The van der Waals surface area contributed by atoms with Crippen molar-refractivity contribution >= 4 is 69.9 Å². The molecule has 0 unspecified atom stereocenters.